The third kappa shape index (κ3) is 5.18. The second kappa shape index (κ2) is 8.99. The molecule has 1 aromatic carbocycles. The van der Waals surface area contributed by atoms with Crippen LogP contribution in [0, 0.1) is 6.92 Å². The molecule has 0 spiro atoms. The Kier molecular flexibility index (Phi) is 6.99. The summed E-state index contributed by atoms with van der Waals surface area (Å²) in [4.78, 5) is 26.2. The first-order valence-electron chi connectivity index (χ1n) is 7.99. The molecule has 0 aliphatic carbocycles. The summed E-state index contributed by atoms with van der Waals surface area (Å²) in [5.41, 5.74) is 2.13. The number of unbranched alkanes of at least 4 members (excludes halogenated alkanes) is 1. The third-order valence-electron chi connectivity index (χ3n) is 3.55. The van der Waals surface area contributed by atoms with Gasteiger partial charge in [-0.15, -0.1) is 0 Å². The lowest BCUT2D eigenvalue weighted by Gasteiger charge is -2.13. The minimum absolute atomic E-state index is 0.146. The Hall–Kier alpha value is -1.66. The van der Waals surface area contributed by atoms with Crippen LogP contribution < -0.4 is 0 Å². The normalized spacial score (nSPS) is 16.1. The highest BCUT2D eigenvalue weighted by molar-refractivity contribution is 8.26. The van der Waals surface area contributed by atoms with Crippen LogP contribution in [0.1, 0.15) is 37.3 Å². The molecule has 1 aromatic rings. The summed E-state index contributed by atoms with van der Waals surface area (Å²) in [7, 11) is 0. The van der Waals surface area contributed by atoms with Gasteiger partial charge in [0.2, 0.25) is 0 Å². The standard InChI is InChI=1S/C18H21NO3S2/c1-3-4-11-22-16(20)9-10-19-17(21)15(24-18(19)23)12-14-7-5-13(2)6-8-14/h5-8,12H,3-4,9-11H2,1-2H3/b15-12-. The molecule has 2 rings (SSSR count). The van der Waals surface area contributed by atoms with Crippen molar-refractivity contribution >= 4 is 46.3 Å². The molecule has 0 radical (unpaired) electrons. The van der Waals surface area contributed by atoms with Gasteiger partial charge in [0, 0.05) is 6.54 Å². The molecule has 1 amide bonds. The highest BCUT2D eigenvalue weighted by Crippen LogP contribution is 2.32. The molecule has 6 heteroatoms. The zero-order valence-electron chi connectivity index (χ0n) is 13.9. The SMILES string of the molecule is CCCCOC(=O)CCN1C(=O)/C(=C/c2ccc(C)cc2)SC1=S. The van der Waals surface area contributed by atoms with Crippen LogP contribution >= 0.6 is 24.0 Å². The number of carbonyl (C=O) groups is 2. The predicted molar refractivity (Wildman–Crippen MR) is 102 cm³/mol. The van der Waals surface area contributed by atoms with Crippen LogP contribution in [0.4, 0.5) is 0 Å². The quantitative estimate of drug-likeness (QED) is 0.318. The summed E-state index contributed by atoms with van der Waals surface area (Å²) in [6.45, 7) is 4.75. The maximum Gasteiger partial charge on any atom is 0.307 e. The van der Waals surface area contributed by atoms with Gasteiger partial charge in [-0.1, -0.05) is 67.2 Å². The number of thiocarbonyl (C=S) groups is 1. The number of nitrogens with zero attached hydrogens (tertiary/aromatic N) is 1. The fraction of sp³-hybridized carbons (Fsp3) is 0.389. The minimum Gasteiger partial charge on any atom is -0.466 e. The summed E-state index contributed by atoms with van der Waals surface area (Å²) in [5, 5.41) is 0. The van der Waals surface area contributed by atoms with Gasteiger partial charge < -0.3 is 4.74 Å². The molecule has 0 bridgehead atoms. The summed E-state index contributed by atoms with van der Waals surface area (Å²) < 4.78 is 5.59. The van der Waals surface area contributed by atoms with E-state index in [-0.39, 0.29) is 24.8 Å². The summed E-state index contributed by atoms with van der Waals surface area (Å²) >= 11 is 6.54. The number of amides is 1. The van der Waals surface area contributed by atoms with E-state index >= 15 is 0 Å². The zero-order valence-corrected chi connectivity index (χ0v) is 15.5. The third-order valence-corrected chi connectivity index (χ3v) is 4.93. The van der Waals surface area contributed by atoms with E-state index in [4.69, 9.17) is 17.0 Å². The van der Waals surface area contributed by atoms with Gasteiger partial charge in [0.15, 0.2) is 0 Å². The second-order valence-corrected chi connectivity index (χ2v) is 7.24. The zero-order chi connectivity index (χ0) is 17.5. The van der Waals surface area contributed by atoms with E-state index in [9.17, 15) is 9.59 Å². The highest BCUT2D eigenvalue weighted by Gasteiger charge is 2.32. The Labute approximate surface area is 152 Å². The van der Waals surface area contributed by atoms with Crippen LogP contribution in [0.25, 0.3) is 6.08 Å². The van der Waals surface area contributed by atoms with Gasteiger partial charge in [-0.05, 0) is 25.0 Å². The van der Waals surface area contributed by atoms with Gasteiger partial charge in [-0.25, -0.2) is 0 Å². The van der Waals surface area contributed by atoms with Crippen LogP contribution in [0.2, 0.25) is 0 Å². The van der Waals surface area contributed by atoms with Crippen LogP contribution in [-0.4, -0.2) is 34.2 Å². The molecular weight excluding hydrogens is 342 g/mol. The molecule has 4 nitrogen and oxygen atoms in total. The van der Waals surface area contributed by atoms with Crippen LogP contribution in [0.15, 0.2) is 29.2 Å². The topological polar surface area (TPSA) is 46.6 Å². The first kappa shape index (κ1) is 18.7. The van der Waals surface area contributed by atoms with Gasteiger partial charge in [0.05, 0.1) is 17.9 Å². The van der Waals surface area contributed by atoms with Crippen molar-refractivity contribution in [2.24, 2.45) is 0 Å². The van der Waals surface area contributed by atoms with E-state index in [1.165, 1.54) is 22.2 Å². The molecule has 1 aliphatic heterocycles. The molecule has 24 heavy (non-hydrogen) atoms. The van der Waals surface area contributed by atoms with Crippen molar-refractivity contribution in [1.82, 2.24) is 4.90 Å². The molecule has 1 fully saturated rings. The number of hydrogen-bond acceptors (Lipinski definition) is 5. The van der Waals surface area contributed by atoms with Gasteiger partial charge in [-0.3, -0.25) is 14.5 Å². The van der Waals surface area contributed by atoms with E-state index in [0.29, 0.717) is 15.8 Å². The molecular formula is C18H21NO3S2. The van der Waals surface area contributed by atoms with Crippen molar-refractivity contribution in [3.8, 4) is 0 Å². The molecule has 0 N–H and O–H groups in total. The number of thioether (sulfide) groups is 1. The predicted octanol–water partition coefficient (Wildman–Crippen LogP) is 3.93. The molecule has 0 unspecified atom stereocenters. The van der Waals surface area contributed by atoms with E-state index in [2.05, 4.69) is 0 Å². The Balaban J connectivity index is 1.93. The van der Waals surface area contributed by atoms with Gasteiger partial charge in [0.25, 0.3) is 5.91 Å². The Morgan fingerprint density at radius 2 is 2.04 bits per heavy atom. The van der Waals surface area contributed by atoms with Crippen LogP contribution in [0.5, 0.6) is 0 Å². The van der Waals surface area contributed by atoms with Gasteiger partial charge in [-0.2, -0.15) is 0 Å². The van der Waals surface area contributed by atoms with E-state index in [1.54, 1.807) is 0 Å². The number of hydrogen-bond donors (Lipinski definition) is 0. The van der Waals surface area contributed by atoms with Crippen molar-refractivity contribution in [3.63, 3.8) is 0 Å². The fourth-order valence-electron chi connectivity index (χ4n) is 2.11. The van der Waals surface area contributed by atoms with E-state index in [0.717, 1.165) is 18.4 Å². The van der Waals surface area contributed by atoms with Crippen LogP contribution in [-0.2, 0) is 14.3 Å². The summed E-state index contributed by atoms with van der Waals surface area (Å²) in [6.07, 6.45) is 3.82. The molecule has 0 aromatic heterocycles. The molecule has 128 valence electrons. The summed E-state index contributed by atoms with van der Waals surface area (Å²) in [5.74, 6) is -0.438. The maximum absolute atomic E-state index is 12.5. The van der Waals surface area contributed by atoms with Crippen LogP contribution in [0.3, 0.4) is 0 Å². The second-order valence-electron chi connectivity index (χ2n) is 5.57. The Bertz CT molecular complexity index is 653. The first-order chi connectivity index (χ1) is 11.5. The molecule has 1 aliphatic rings. The van der Waals surface area contributed by atoms with Crippen molar-refractivity contribution < 1.29 is 14.3 Å². The number of carbonyl (C=O) groups excluding carboxylic acids is 2. The van der Waals surface area contributed by atoms with Gasteiger partial charge in [0.1, 0.15) is 4.32 Å². The fourth-order valence-corrected chi connectivity index (χ4v) is 3.42. The largest absolute Gasteiger partial charge is 0.466 e. The lowest BCUT2D eigenvalue weighted by atomic mass is 10.1. The Morgan fingerprint density at radius 3 is 2.71 bits per heavy atom. The number of benzene rings is 1. The van der Waals surface area contributed by atoms with E-state index in [1.807, 2.05) is 44.2 Å². The number of ether oxygens (including phenoxy) is 1. The average molecular weight is 364 g/mol. The molecule has 0 atom stereocenters. The lowest BCUT2D eigenvalue weighted by Crippen LogP contribution is -2.30. The van der Waals surface area contributed by atoms with Crippen molar-refractivity contribution in [1.29, 1.82) is 0 Å². The maximum atomic E-state index is 12.5. The molecule has 0 saturated carbocycles. The van der Waals surface area contributed by atoms with Crippen molar-refractivity contribution in [3.05, 3.63) is 40.3 Å². The minimum atomic E-state index is -0.292. The Morgan fingerprint density at radius 1 is 1.33 bits per heavy atom. The highest BCUT2D eigenvalue weighted by atomic mass is 32.2. The number of rotatable bonds is 7. The van der Waals surface area contributed by atoms with Crippen molar-refractivity contribution in [2.45, 2.75) is 33.1 Å². The summed E-state index contributed by atoms with van der Waals surface area (Å²) in [6, 6.07) is 7.93. The number of aryl methyl sites for hydroxylation is 1. The molecule has 1 heterocycles. The van der Waals surface area contributed by atoms with Gasteiger partial charge >= 0.3 is 5.97 Å². The average Bonchev–Trinajstić information content (AvgIpc) is 2.82. The van der Waals surface area contributed by atoms with Crippen molar-refractivity contribution in [2.75, 3.05) is 13.2 Å². The monoisotopic (exact) mass is 363 g/mol. The number of esters is 1. The smallest absolute Gasteiger partial charge is 0.307 e. The first-order valence-corrected chi connectivity index (χ1v) is 9.21. The molecule has 1 saturated heterocycles. The van der Waals surface area contributed by atoms with E-state index < -0.39 is 0 Å². The lowest BCUT2D eigenvalue weighted by molar-refractivity contribution is -0.144.